The third-order valence-corrected chi connectivity index (χ3v) is 8.03. The van der Waals surface area contributed by atoms with E-state index in [0.29, 0.717) is 12.2 Å². The third-order valence-electron chi connectivity index (χ3n) is 8.03. The quantitative estimate of drug-likeness (QED) is 0.127. The zero-order valence-electron chi connectivity index (χ0n) is 27.4. The van der Waals surface area contributed by atoms with E-state index in [4.69, 9.17) is 0 Å². The van der Waals surface area contributed by atoms with Gasteiger partial charge in [0.1, 0.15) is 5.75 Å². The number of carbonyl (C=O) groups excluding carboxylic acids is 1. The van der Waals surface area contributed by atoms with Gasteiger partial charge in [0.15, 0.2) is 0 Å². The van der Waals surface area contributed by atoms with Gasteiger partial charge in [-0.05, 0) is 41.7 Å². The number of carbonyl (C=O) groups is 1. The second kappa shape index (κ2) is 18.8. The molecule has 2 N–H and O–H groups in total. The largest absolute Gasteiger partial charge is 0.507 e. The highest BCUT2D eigenvalue weighted by Crippen LogP contribution is 2.44. The molecule has 0 spiro atoms. The standard InChI is InChI=1S/C36H65NO2/c1-9-11-13-14-15-16-17-18-19-20-21-22-23-24-25-27-32(38)37-31-28-30(35(3,4)5)34(39)33(36(6,7)8)29(31)26-12-10-2/h28,39H,9-27H2,1-8H3,(H,37,38). The van der Waals surface area contributed by atoms with Gasteiger partial charge in [-0.1, -0.05) is 152 Å². The Bertz CT molecular complexity index is 813. The maximum absolute atomic E-state index is 13.0. The molecule has 0 atom stereocenters. The van der Waals surface area contributed by atoms with Crippen LogP contribution in [0.25, 0.3) is 0 Å². The summed E-state index contributed by atoms with van der Waals surface area (Å²) in [6.07, 6.45) is 23.5. The molecule has 0 fully saturated rings. The summed E-state index contributed by atoms with van der Waals surface area (Å²) in [5.74, 6) is 0.509. The Morgan fingerprint density at radius 1 is 0.667 bits per heavy atom. The van der Waals surface area contributed by atoms with Crippen molar-refractivity contribution >= 4 is 11.6 Å². The molecule has 39 heavy (non-hydrogen) atoms. The summed E-state index contributed by atoms with van der Waals surface area (Å²) in [6, 6.07) is 2.04. The molecule has 0 bridgehead atoms. The summed E-state index contributed by atoms with van der Waals surface area (Å²) in [5.41, 5.74) is 3.51. The molecule has 0 aliphatic rings. The van der Waals surface area contributed by atoms with Gasteiger partial charge in [0.25, 0.3) is 0 Å². The Labute approximate surface area is 243 Å². The number of aromatic hydroxyl groups is 1. The average molecular weight is 544 g/mol. The van der Waals surface area contributed by atoms with Crippen molar-refractivity contribution in [1.29, 1.82) is 0 Å². The van der Waals surface area contributed by atoms with Crippen molar-refractivity contribution in [1.82, 2.24) is 0 Å². The van der Waals surface area contributed by atoms with E-state index >= 15 is 0 Å². The minimum absolute atomic E-state index is 0.104. The van der Waals surface area contributed by atoms with Crippen molar-refractivity contribution in [3.8, 4) is 5.75 Å². The van der Waals surface area contributed by atoms with Crippen LogP contribution in [0.2, 0.25) is 0 Å². The molecule has 0 radical (unpaired) electrons. The van der Waals surface area contributed by atoms with Gasteiger partial charge in [0, 0.05) is 23.2 Å². The second-order valence-electron chi connectivity index (χ2n) is 14.0. The number of unbranched alkanes of at least 4 members (excludes halogenated alkanes) is 15. The van der Waals surface area contributed by atoms with Gasteiger partial charge in [0.05, 0.1) is 0 Å². The summed E-state index contributed by atoms with van der Waals surface area (Å²) in [4.78, 5) is 13.0. The van der Waals surface area contributed by atoms with E-state index < -0.39 is 0 Å². The molecule has 226 valence electrons. The molecule has 3 heteroatoms. The topological polar surface area (TPSA) is 49.3 Å². The number of benzene rings is 1. The van der Waals surface area contributed by atoms with E-state index in [9.17, 15) is 9.90 Å². The van der Waals surface area contributed by atoms with E-state index in [-0.39, 0.29) is 16.7 Å². The monoisotopic (exact) mass is 544 g/mol. The number of phenolic OH excluding ortho intramolecular Hbond substituents is 1. The summed E-state index contributed by atoms with van der Waals surface area (Å²) >= 11 is 0. The summed E-state index contributed by atoms with van der Waals surface area (Å²) in [6.45, 7) is 17.3. The second-order valence-corrected chi connectivity index (χ2v) is 14.0. The van der Waals surface area contributed by atoms with Crippen LogP contribution in [-0.2, 0) is 22.0 Å². The minimum Gasteiger partial charge on any atom is -0.507 e. The molecule has 0 aliphatic heterocycles. The molecule has 1 rings (SSSR count). The first kappa shape index (κ1) is 35.5. The summed E-state index contributed by atoms with van der Waals surface area (Å²) in [5, 5.41) is 14.6. The molecule has 1 aromatic rings. The number of hydrogen-bond acceptors (Lipinski definition) is 2. The van der Waals surface area contributed by atoms with Crippen LogP contribution >= 0.6 is 0 Å². The average Bonchev–Trinajstić information content (AvgIpc) is 2.84. The predicted molar refractivity (Wildman–Crippen MR) is 172 cm³/mol. The van der Waals surface area contributed by atoms with Crippen molar-refractivity contribution in [2.75, 3.05) is 5.32 Å². The van der Waals surface area contributed by atoms with Crippen molar-refractivity contribution in [2.45, 2.75) is 188 Å². The van der Waals surface area contributed by atoms with Crippen LogP contribution in [-0.4, -0.2) is 11.0 Å². The Morgan fingerprint density at radius 3 is 1.51 bits per heavy atom. The number of anilines is 1. The van der Waals surface area contributed by atoms with Crippen molar-refractivity contribution in [3.05, 3.63) is 22.8 Å². The lowest BCUT2D eigenvalue weighted by molar-refractivity contribution is -0.116. The number of nitrogens with one attached hydrogen (secondary N) is 1. The van der Waals surface area contributed by atoms with E-state index in [0.717, 1.165) is 54.5 Å². The van der Waals surface area contributed by atoms with Crippen LogP contribution < -0.4 is 5.32 Å². The molecule has 0 unspecified atom stereocenters. The number of rotatable bonds is 20. The van der Waals surface area contributed by atoms with Gasteiger partial charge in [0.2, 0.25) is 5.91 Å². The Balaban J connectivity index is 2.51. The van der Waals surface area contributed by atoms with Crippen molar-refractivity contribution in [2.24, 2.45) is 0 Å². The molecule has 0 saturated heterocycles. The van der Waals surface area contributed by atoms with Crippen LogP contribution in [0.3, 0.4) is 0 Å². The highest BCUT2D eigenvalue weighted by atomic mass is 16.3. The zero-order chi connectivity index (χ0) is 29.3. The molecule has 3 nitrogen and oxygen atoms in total. The minimum atomic E-state index is -0.207. The fourth-order valence-corrected chi connectivity index (χ4v) is 5.69. The number of amides is 1. The van der Waals surface area contributed by atoms with Crippen LogP contribution in [0, 0.1) is 0 Å². The van der Waals surface area contributed by atoms with E-state index in [1.54, 1.807) is 0 Å². The predicted octanol–water partition coefficient (Wildman–Crippen LogP) is 11.5. The fraction of sp³-hybridized carbons (Fsp3) is 0.806. The van der Waals surface area contributed by atoms with Gasteiger partial charge >= 0.3 is 0 Å². The SMILES string of the molecule is CCCCCCCCCCCCCCCCCC(=O)Nc1cc(C(C)(C)C)c(O)c(C(C)(C)C)c1CCCC. The molecule has 1 amide bonds. The molecule has 0 heterocycles. The lowest BCUT2D eigenvalue weighted by Crippen LogP contribution is -2.22. The van der Waals surface area contributed by atoms with Crippen LogP contribution in [0.1, 0.15) is 188 Å². The smallest absolute Gasteiger partial charge is 0.224 e. The van der Waals surface area contributed by atoms with E-state index in [2.05, 4.69) is 60.7 Å². The first-order chi connectivity index (χ1) is 18.4. The Hall–Kier alpha value is -1.51. The lowest BCUT2D eigenvalue weighted by Gasteiger charge is -2.31. The third kappa shape index (κ3) is 14.1. The fourth-order valence-electron chi connectivity index (χ4n) is 5.69. The Kier molecular flexibility index (Phi) is 17.1. The van der Waals surface area contributed by atoms with Gasteiger partial charge in [-0.15, -0.1) is 0 Å². The molecule has 0 aromatic heterocycles. The summed E-state index contributed by atoms with van der Waals surface area (Å²) in [7, 11) is 0. The molecular formula is C36H65NO2. The van der Waals surface area contributed by atoms with Crippen molar-refractivity contribution in [3.63, 3.8) is 0 Å². The first-order valence-corrected chi connectivity index (χ1v) is 16.6. The molecule has 0 aliphatic carbocycles. The van der Waals surface area contributed by atoms with Gasteiger partial charge < -0.3 is 10.4 Å². The maximum Gasteiger partial charge on any atom is 0.224 e. The Morgan fingerprint density at radius 2 is 1.10 bits per heavy atom. The van der Waals surface area contributed by atoms with Gasteiger partial charge in [-0.25, -0.2) is 0 Å². The lowest BCUT2D eigenvalue weighted by atomic mass is 9.75. The van der Waals surface area contributed by atoms with Crippen molar-refractivity contribution < 1.29 is 9.90 Å². The highest BCUT2D eigenvalue weighted by Gasteiger charge is 2.30. The first-order valence-electron chi connectivity index (χ1n) is 16.6. The summed E-state index contributed by atoms with van der Waals surface area (Å²) < 4.78 is 0. The van der Waals surface area contributed by atoms with E-state index in [1.807, 2.05) is 6.07 Å². The normalized spacial score (nSPS) is 12.2. The molecule has 0 saturated carbocycles. The van der Waals surface area contributed by atoms with Gasteiger partial charge in [-0.2, -0.15) is 0 Å². The van der Waals surface area contributed by atoms with Gasteiger partial charge in [-0.3, -0.25) is 4.79 Å². The number of hydrogen-bond donors (Lipinski definition) is 2. The highest BCUT2D eigenvalue weighted by molar-refractivity contribution is 5.92. The van der Waals surface area contributed by atoms with Crippen LogP contribution in [0.5, 0.6) is 5.75 Å². The molecule has 1 aromatic carbocycles. The zero-order valence-corrected chi connectivity index (χ0v) is 27.4. The van der Waals surface area contributed by atoms with Crippen LogP contribution in [0.4, 0.5) is 5.69 Å². The van der Waals surface area contributed by atoms with E-state index in [1.165, 1.54) is 83.5 Å². The molecular weight excluding hydrogens is 478 g/mol. The number of phenols is 1. The van der Waals surface area contributed by atoms with Crippen LogP contribution in [0.15, 0.2) is 6.07 Å². The maximum atomic E-state index is 13.0.